The van der Waals surface area contributed by atoms with Crippen molar-refractivity contribution in [3.8, 4) is 5.88 Å². The molecule has 19 heavy (non-hydrogen) atoms. The van der Waals surface area contributed by atoms with Gasteiger partial charge in [0, 0.05) is 9.37 Å². The van der Waals surface area contributed by atoms with Crippen LogP contribution in [0.2, 0.25) is 0 Å². The van der Waals surface area contributed by atoms with Crippen LogP contribution in [0.5, 0.6) is 5.88 Å². The highest BCUT2D eigenvalue weighted by molar-refractivity contribution is 9.10. The number of rotatable bonds is 4. The first-order valence-electron chi connectivity index (χ1n) is 5.77. The molecule has 1 heterocycles. The van der Waals surface area contributed by atoms with Crippen molar-refractivity contribution < 1.29 is 4.74 Å². The highest BCUT2D eigenvalue weighted by atomic mass is 79.9. The number of ether oxygens (including phenoxy) is 1. The third-order valence-corrected chi connectivity index (χ3v) is 3.67. The summed E-state index contributed by atoms with van der Waals surface area (Å²) in [5.41, 5.74) is 6.51. The van der Waals surface area contributed by atoms with Crippen LogP contribution in [0.4, 0.5) is 5.69 Å². The molecule has 0 saturated carbocycles. The van der Waals surface area contributed by atoms with E-state index in [9.17, 15) is 0 Å². The van der Waals surface area contributed by atoms with E-state index >= 15 is 0 Å². The van der Waals surface area contributed by atoms with E-state index in [2.05, 4.69) is 25.9 Å². The maximum atomic E-state index is 6.03. The van der Waals surface area contributed by atoms with Crippen molar-refractivity contribution in [3.63, 3.8) is 0 Å². The first kappa shape index (κ1) is 14.1. The van der Waals surface area contributed by atoms with Crippen molar-refractivity contribution >= 4 is 33.4 Å². The Hall–Kier alpha value is -1.27. The monoisotopic (exact) mass is 339 g/mol. The number of anilines is 1. The summed E-state index contributed by atoms with van der Waals surface area (Å²) in [6.07, 6.45) is 1.50. The minimum absolute atomic E-state index is 0.0286. The lowest BCUT2D eigenvalue weighted by Crippen LogP contribution is -2.09. The van der Waals surface area contributed by atoms with Gasteiger partial charge in [-0.15, -0.1) is 0 Å². The minimum Gasteiger partial charge on any atom is -0.473 e. The summed E-state index contributed by atoms with van der Waals surface area (Å²) in [6, 6.07) is 7.95. The largest absolute Gasteiger partial charge is 0.473 e. The fraction of sp³-hybridized carbons (Fsp3) is 0.231. The maximum absolute atomic E-state index is 6.03. The molecule has 6 heteroatoms. The Bertz CT molecular complexity index is 578. The summed E-state index contributed by atoms with van der Waals surface area (Å²) in [6.45, 7) is 3.87. The van der Waals surface area contributed by atoms with E-state index in [1.807, 2.05) is 38.1 Å². The molecule has 0 spiro atoms. The van der Waals surface area contributed by atoms with Gasteiger partial charge in [-0.25, -0.2) is 4.98 Å². The zero-order valence-electron chi connectivity index (χ0n) is 10.6. The first-order chi connectivity index (χ1) is 9.06. The Kier molecular flexibility index (Phi) is 4.66. The highest BCUT2D eigenvalue weighted by Gasteiger charge is 2.12. The second-order valence-corrected chi connectivity index (χ2v) is 6.10. The summed E-state index contributed by atoms with van der Waals surface area (Å²) in [4.78, 5) is 9.31. The SMILES string of the molecule is CC(C)Oc1ncnc(Sc2cccc(Br)c2)c1N. The Morgan fingerprint density at radius 2 is 2.11 bits per heavy atom. The zero-order valence-corrected chi connectivity index (χ0v) is 13.0. The van der Waals surface area contributed by atoms with Crippen LogP contribution in [0.1, 0.15) is 13.8 Å². The lowest BCUT2D eigenvalue weighted by Gasteiger charge is -2.12. The van der Waals surface area contributed by atoms with E-state index in [-0.39, 0.29) is 6.10 Å². The van der Waals surface area contributed by atoms with E-state index < -0.39 is 0 Å². The van der Waals surface area contributed by atoms with Crippen LogP contribution in [-0.4, -0.2) is 16.1 Å². The molecule has 2 aromatic rings. The second kappa shape index (κ2) is 6.25. The summed E-state index contributed by atoms with van der Waals surface area (Å²) < 4.78 is 6.57. The number of nitrogens with zero attached hydrogens (tertiary/aromatic N) is 2. The third kappa shape index (κ3) is 3.84. The van der Waals surface area contributed by atoms with Crippen LogP contribution in [-0.2, 0) is 0 Å². The fourth-order valence-corrected chi connectivity index (χ4v) is 2.81. The predicted molar refractivity (Wildman–Crippen MR) is 80.5 cm³/mol. The molecule has 0 fully saturated rings. The van der Waals surface area contributed by atoms with Crippen LogP contribution >= 0.6 is 27.7 Å². The van der Waals surface area contributed by atoms with E-state index in [0.29, 0.717) is 16.6 Å². The standard InChI is InChI=1S/C13H14BrN3OS/c1-8(2)18-12-11(15)13(17-7-16-12)19-10-5-3-4-9(14)6-10/h3-8H,15H2,1-2H3. The summed E-state index contributed by atoms with van der Waals surface area (Å²) in [5, 5.41) is 0.698. The Morgan fingerprint density at radius 3 is 2.79 bits per heavy atom. The van der Waals surface area contributed by atoms with Crippen LogP contribution in [0.25, 0.3) is 0 Å². The first-order valence-corrected chi connectivity index (χ1v) is 7.37. The zero-order chi connectivity index (χ0) is 13.8. The van der Waals surface area contributed by atoms with Crippen LogP contribution in [0, 0.1) is 0 Å². The molecular weight excluding hydrogens is 326 g/mol. The lowest BCUT2D eigenvalue weighted by molar-refractivity contribution is 0.233. The van der Waals surface area contributed by atoms with Crippen molar-refractivity contribution in [2.45, 2.75) is 29.9 Å². The lowest BCUT2D eigenvalue weighted by atomic mass is 10.4. The highest BCUT2D eigenvalue weighted by Crippen LogP contribution is 2.34. The van der Waals surface area contributed by atoms with Crippen molar-refractivity contribution in [1.82, 2.24) is 9.97 Å². The normalized spacial score (nSPS) is 10.7. The third-order valence-electron chi connectivity index (χ3n) is 2.17. The number of hydrogen-bond acceptors (Lipinski definition) is 5. The van der Waals surface area contributed by atoms with Crippen molar-refractivity contribution in [1.29, 1.82) is 0 Å². The van der Waals surface area contributed by atoms with Gasteiger partial charge in [-0.2, -0.15) is 4.98 Å². The molecule has 1 aromatic heterocycles. The maximum Gasteiger partial charge on any atom is 0.241 e. The Labute approximate surface area is 124 Å². The van der Waals surface area contributed by atoms with Gasteiger partial charge in [-0.3, -0.25) is 0 Å². The smallest absolute Gasteiger partial charge is 0.241 e. The van der Waals surface area contributed by atoms with Gasteiger partial charge in [0.1, 0.15) is 17.0 Å². The van der Waals surface area contributed by atoms with Crippen LogP contribution < -0.4 is 10.5 Å². The Morgan fingerprint density at radius 1 is 1.32 bits per heavy atom. The second-order valence-electron chi connectivity index (χ2n) is 4.12. The number of hydrogen-bond donors (Lipinski definition) is 1. The molecule has 0 atom stereocenters. The van der Waals surface area contributed by atoms with Gasteiger partial charge in [-0.1, -0.05) is 33.8 Å². The van der Waals surface area contributed by atoms with Gasteiger partial charge in [0.15, 0.2) is 0 Å². The topological polar surface area (TPSA) is 61.0 Å². The number of nitrogen functional groups attached to an aromatic ring is 1. The molecule has 0 aliphatic rings. The molecule has 4 nitrogen and oxygen atoms in total. The van der Waals surface area contributed by atoms with Gasteiger partial charge in [0.2, 0.25) is 5.88 Å². The van der Waals surface area contributed by atoms with Gasteiger partial charge >= 0.3 is 0 Å². The van der Waals surface area contributed by atoms with E-state index in [1.165, 1.54) is 18.1 Å². The van der Waals surface area contributed by atoms with Gasteiger partial charge in [0.25, 0.3) is 0 Å². The molecule has 0 aliphatic carbocycles. The average molecular weight is 340 g/mol. The van der Waals surface area contributed by atoms with E-state index in [1.54, 1.807) is 0 Å². The number of halogens is 1. The van der Waals surface area contributed by atoms with Gasteiger partial charge in [-0.05, 0) is 32.0 Å². The molecule has 100 valence electrons. The molecule has 0 unspecified atom stereocenters. The number of aromatic nitrogens is 2. The van der Waals surface area contributed by atoms with Crippen molar-refractivity contribution in [2.24, 2.45) is 0 Å². The minimum atomic E-state index is 0.0286. The average Bonchev–Trinajstić information content (AvgIpc) is 2.34. The molecule has 1 aromatic carbocycles. The predicted octanol–water partition coefficient (Wildman–Crippen LogP) is 3.76. The number of nitrogens with two attached hydrogens (primary N) is 1. The summed E-state index contributed by atoms with van der Waals surface area (Å²) in [7, 11) is 0. The van der Waals surface area contributed by atoms with Gasteiger partial charge in [0.05, 0.1) is 6.10 Å². The van der Waals surface area contributed by atoms with Crippen molar-refractivity contribution in [2.75, 3.05) is 5.73 Å². The molecule has 0 radical (unpaired) electrons. The van der Waals surface area contributed by atoms with E-state index in [0.717, 1.165) is 9.37 Å². The summed E-state index contributed by atoms with van der Waals surface area (Å²) >= 11 is 4.92. The van der Waals surface area contributed by atoms with Crippen LogP contribution in [0.3, 0.4) is 0 Å². The quantitative estimate of drug-likeness (QED) is 0.859. The molecule has 0 bridgehead atoms. The fourth-order valence-electron chi connectivity index (χ4n) is 1.40. The number of benzene rings is 1. The molecule has 2 rings (SSSR count). The Balaban J connectivity index is 2.25. The molecule has 0 aliphatic heterocycles. The molecular formula is C13H14BrN3OS. The van der Waals surface area contributed by atoms with Crippen LogP contribution in [0.15, 0.2) is 45.0 Å². The van der Waals surface area contributed by atoms with Crippen molar-refractivity contribution in [3.05, 3.63) is 35.1 Å². The molecule has 2 N–H and O–H groups in total. The molecule has 0 amide bonds. The van der Waals surface area contributed by atoms with E-state index in [4.69, 9.17) is 10.5 Å². The molecule has 0 saturated heterocycles. The van der Waals surface area contributed by atoms with Gasteiger partial charge < -0.3 is 10.5 Å². The summed E-state index contributed by atoms with van der Waals surface area (Å²) in [5.74, 6) is 0.433.